The number of fused-ring (bicyclic) bond motifs is 1. The third-order valence-corrected chi connectivity index (χ3v) is 3.11. The predicted octanol–water partition coefficient (Wildman–Crippen LogP) is 1.97. The smallest absolute Gasteiger partial charge is 0.197 e. The Balaban J connectivity index is 2.78. The third-order valence-electron chi connectivity index (χ3n) is 2.25. The molecule has 0 spiro atoms. The molecular formula is C7H11N3S2. The maximum absolute atomic E-state index is 5.28. The summed E-state index contributed by atoms with van der Waals surface area (Å²) in [7, 11) is 0. The molecule has 3 nitrogen and oxygen atoms in total. The van der Waals surface area contributed by atoms with Crippen LogP contribution in [0.25, 0.3) is 0 Å². The van der Waals surface area contributed by atoms with Gasteiger partial charge in [-0.1, -0.05) is 0 Å². The highest BCUT2D eigenvalue weighted by Crippen LogP contribution is 2.10. The molecule has 66 valence electrons. The zero-order chi connectivity index (χ0) is 8.72. The van der Waals surface area contributed by atoms with Gasteiger partial charge in [0.2, 0.25) is 0 Å². The van der Waals surface area contributed by atoms with Crippen LogP contribution >= 0.6 is 24.4 Å². The van der Waals surface area contributed by atoms with Crippen LogP contribution in [0.4, 0.5) is 0 Å². The van der Waals surface area contributed by atoms with Crippen LogP contribution in [0.5, 0.6) is 0 Å². The van der Waals surface area contributed by atoms with Crippen LogP contribution in [0, 0.1) is 9.54 Å². The van der Waals surface area contributed by atoms with E-state index in [1.807, 2.05) is 4.57 Å². The fourth-order valence-corrected chi connectivity index (χ4v) is 2.51. The predicted molar refractivity (Wildman–Crippen MR) is 52.4 cm³/mol. The molecule has 0 saturated heterocycles. The molecule has 0 fully saturated rings. The van der Waals surface area contributed by atoms with E-state index in [2.05, 4.69) is 16.3 Å². The lowest BCUT2D eigenvalue weighted by Crippen LogP contribution is -2.00. The van der Waals surface area contributed by atoms with Crippen LogP contribution < -0.4 is 0 Å². The van der Waals surface area contributed by atoms with Gasteiger partial charge in [0, 0.05) is 19.6 Å². The SMILES string of the molecule is CCn1c(=S)n2n(c1=S)CCC2. The molecule has 0 aliphatic carbocycles. The Morgan fingerprint density at radius 2 is 1.67 bits per heavy atom. The average molecular weight is 201 g/mol. The fourth-order valence-electron chi connectivity index (χ4n) is 1.64. The van der Waals surface area contributed by atoms with Gasteiger partial charge in [-0.2, -0.15) is 0 Å². The van der Waals surface area contributed by atoms with E-state index in [1.165, 1.54) is 0 Å². The summed E-state index contributed by atoms with van der Waals surface area (Å²) in [6.45, 7) is 5.00. The van der Waals surface area contributed by atoms with Crippen molar-refractivity contribution in [3.63, 3.8) is 0 Å². The van der Waals surface area contributed by atoms with Crippen LogP contribution in [-0.4, -0.2) is 13.9 Å². The summed E-state index contributed by atoms with van der Waals surface area (Å²) in [6, 6.07) is 0. The Labute approximate surface area is 81.2 Å². The summed E-state index contributed by atoms with van der Waals surface area (Å²) in [5.41, 5.74) is 0. The van der Waals surface area contributed by atoms with Gasteiger partial charge in [-0.25, -0.2) is 0 Å². The van der Waals surface area contributed by atoms with Gasteiger partial charge in [-0.15, -0.1) is 0 Å². The molecule has 1 aliphatic rings. The lowest BCUT2D eigenvalue weighted by molar-refractivity contribution is 0.598. The number of nitrogens with zero attached hydrogens (tertiary/aromatic N) is 3. The fraction of sp³-hybridized carbons (Fsp3) is 0.714. The van der Waals surface area contributed by atoms with E-state index in [1.54, 1.807) is 0 Å². The first-order valence-corrected chi connectivity index (χ1v) is 4.97. The lowest BCUT2D eigenvalue weighted by atomic mass is 10.5. The second-order valence-corrected chi connectivity index (χ2v) is 3.64. The molecule has 0 saturated carbocycles. The Hall–Kier alpha value is -0.420. The minimum absolute atomic E-state index is 0.875. The first kappa shape index (κ1) is 8.19. The summed E-state index contributed by atoms with van der Waals surface area (Å²) in [6.07, 6.45) is 1.16. The molecule has 2 heterocycles. The van der Waals surface area contributed by atoms with Crippen molar-refractivity contribution in [2.45, 2.75) is 33.0 Å². The van der Waals surface area contributed by atoms with Gasteiger partial charge in [0.05, 0.1) is 0 Å². The van der Waals surface area contributed by atoms with Crippen molar-refractivity contribution >= 4 is 24.4 Å². The highest BCUT2D eigenvalue weighted by atomic mass is 32.1. The first-order valence-electron chi connectivity index (χ1n) is 4.16. The Kier molecular flexibility index (Phi) is 1.92. The molecule has 5 heteroatoms. The Morgan fingerprint density at radius 3 is 2.08 bits per heavy atom. The minimum Gasteiger partial charge on any atom is -0.293 e. The average Bonchev–Trinajstić information content (AvgIpc) is 2.58. The van der Waals surface area contributed by atoms with E-state index in [0.717, 1.165) is 35.6 Å². The van der Waals surface area contributed by atoms with Crippen LogP contribution in [-0.2, 0) is 19.6 Å². The summed E-state index contributed by atoms with van der Waals surface area (Å²) in [5.74, 6) is 0. The van der Waals surface area contributed by atoms with E-state index in [-0.39, 0.29) is 0 Å². The molecule has 0 bridgehead atoms. The van der Waals surface area contributed by atoms with Gasteiger partial charge >= 0.3 is 0 Å². The van der Waals surface area contributed by atoms with E-state index in [0.29, 0.717) is 0 Å². The molecule has 2 rings (SSSR count). The molecule has 0 aromatic carbocycles. The molecule has 0 N–H and O–H groups in total. The van der Waals surface area contributed by atoms with Crippen molar-refractivity contribution in [3.8, 4) is 0 Å². The number of rotatable bonds is 1. The maximum Gasteiger partial charge on any atom is 0.197 e. The third kappa shape index (κ3) is 0.927. The number of aromatic nitrogens is 3. The van der Waals surface area contributed by atoms with E-state index < -0.39 is 0 Å². The normalized spacial score (nSPS) is 15.1. The number of hydrogen-bond acceptors (Lipinski definition) is 2. The van der Waals surface area contributed by atoms with Crippen LogP contribution in [0.15, 0.2) is 0 Å². The van der Waals surface area contributed by atoms with E-state index in [9.17, 15) is 0 Å². The van der Waals surface area contributed by atoms with Crippen molar-refractivity contribution in [1.82, 2.24) is 13.9 Å². The zero-order valence-corrected chi connectivity index (χ0v) is 8.62. The van der Waals surface area contributed by atoms with Crippen molar-refractivity contribution in [2.75, 3.05) is 0 Å². The molecule has 0 unspecified atom stereocenters. The lowest BCUT2D eigenvalue weighted by Gasteiger charge is -1.94. The molecule has 0 atom stereocenters. The van der Waals surface area contributed by atoms with E-state index in [4.69, 9.17) is 24.4 Å². The standard InChI is InChI=1S/C7H11N3S2/c1-2-8-6(11)9-4-3-5-10(9)7(8)12/h2-5H2,1H3. The van der Waals surface area contributed by atoms with Crippen molar-refractivity contribution in [2.24, 2.45) is 0 Å². The van der Waals surface area contributed by atoms with Gasteiger partial charge in [0.1, 0.15) is 0 Å². The van der Waals surface area contributed by atoms with Crippen molar-refractivity contribution in [1.29, 1.82) is 0 Å². The van der Waals surface area contributed by atoms with Gasteiger partial charge in [0.25, 0.3) is 0 Å². The Morgan fingerprint density at radius 1 is 1.17 bits per heavy atom. The quantitative estimate of drug-likeness (QED) is 0.645. The molecule has 0 radical (unpaired) electrons. The Bertz CT molecular complexity index is 374. The van der Waals surface area contributed by atoms with Gasteiger partial charge in [0.15, 0.2) is 9.54 Å². The topological polar surface area (TPSA) is 14.8 Å². The molecule has 12 heavy (non-hydrogen) atoms. The molecule has 1 aromatic rings. The molecule has 1 aromatic heterocycles. The summed E-state index contributed by atoms with van der Waals surface area (Å²) in [5, 5.41) is 0. The highest BCUT2D eigenvalue weighted by Gasteiger charge is 2.13. The first-order chi connectivity index (χ1) is 5.75. The summed E-state index contributed by atoms with van der Waals surface area (Å²) < 4.78 is 7.95. The minimum atomic E-state index is 0.875. The summed E-state index contributed by atoms with van der Waals surface area (Å²) in [4.78, 5) is 0. The second-order valence-electron chi connectivity index (χ2n) is 2.91. The van der Waals surface area contributed by atoms with Crippen LogP contribution in [0.2, 0.25) is 0 Å². The van der Waals surface area contributed by atoms with Crippen LogP contribution in [0.1, 0.15) is 13.3 Å². The van der Waals surface area contributed by atoms with Crippen molar-refractivity contribution in [3.05, 3.63) is 9.54 Å². The summed E-state index contributed by atoms with van der Waals surface area (Å²) >= 11 is 10.6. The zero-order valence-electron chi connectivity index (χ0n) is 6.99. The van der Waals surface area contributed by atoms with Gasteiger partial charge in [-0.05, 0) is 37.8 Å². The number of hydrogen-bond donors (Lipinski definition) is 0. The van der Waals surface area contributed by atoms with Crippen molar-refractivity contribution < 1.29 is 0 Å². The van der Waals surface area contributed by atoms with E-state index >= 15 is 0 Å². The van der Waals surface area contributed by atoms with Gasteiger partial charge in [-0.3, -0.25) is 13.9 Å². The molecule has 0 amide bonds. The monoisotopic (exact) mass is 201 g/mol. The maximum atomic E-state index is 5.28. The highest BCUT2D eigenvalue weighted by molar-refractivity contribution is 7.72. The molecular weight excluding hydrogens is 190 g/mol. The van der Waals surface area contributed by atoms with Crippen LogP contribution in [0.3, 0.4) is 0 Å². The second kappa shape index (κ2) is 2.81. The molecule has 1 aliphatic heterocycles. The van der Waals surface area contributed by atoms with Gasteiger partial charge < -0.3 is 0 Å². The largest absolute Gasteiger partial charge is 0.293 e.